The van der Waals surface area contributed by atoms with Gasteiger partial charge in [0.15, 0.2) is 0 Å². The van der Waals surface area contributed by atoms with Crippen LogP contribution in [0, 0.1) is 0 Å². The van der Waals surface area contributed by atoms with Crippen LogP contribution in [-0.2, 0) is 16.0 Å². The van der Waals surface area contributed by atoms with Gasteiger partial charge < -0.3 is 4.74 Å². The molecule has 1 heterocycles. The number of carbonyl (C=O) groups excluding carboxylic acids is 1. The van der Waals surface area contributed by atoms with Gasteiger partial charge in [0.25, 0.3) is 0 Å². The third-order valence-corrected chi connectivity index (χ3v) is 2.37. The highest BCUT2D eigenvalue weighted by Crippen LogP contribution is 2.08. The predicted molar refractivity (Wildman–Crippen MR) is 61.8 cm³/mol. The molecule has 0 radical (unpaired) electrons. The maximum Gasteiger partial charge on any atom is 0.141 e. The van der Waals surface area contributed by atoms with Crippen LogP contribution < -0.4 is 0 Å². The van der Waals surface area contributed by atoms with E-state index in [4.69, 9.17) is 4.74 Å². The summed E-state index contributed by atoms with van der Waals surface area (Å²) in [6.45, 7) is 3.08. The molecule has 3 nitrogen and oxygen atoms in total. The lowest BCUT2D eigenvalue weighted by molar-refractivity contribution is -0.119. The lowest BCUT2D eigenvalue weighted by atomic mass is 10.1. The summed E-state index contributed by atoms with van der Waals surface area (Å²) >= 11 is 3.30. The second-order valence-corrected chi connectivity index (χ2v) is 4.05. The van der Waals surface area contributed by atoms with Crippen LogP contribution in [0.4, 0.5) is 0 Å². The molecular formula is C11H14BrNO2. The third-order valence-electron chi connectivity index (χ3n) is 1.90. The molecule has 0 aliphatic heterocycles. The zero-order valence-electron chi connectivity index (χ0n) is 8.70. The summed E-state index contributed by atoms with van der Waals surface area (Å²) in [6.07, 6.45) is 2.55. The first-order valence-corrected chi connectivity index (χ1v) is 5.71. The van der Waals surface area contributed by atoms with Crippen LogP contribution in [0.5, 0.6) is 0 Å². The normalized spacial score (nSPS) is 10.3. The number of aromatic nitrogens is 1. The van der Waals surface area contributed by atoms with Gasteiger partial charge in [0.2, 0.25) is 0 Å². The zero-order valence-corrected chi connectivity index (χ0v) is 10.3. The molecule has 0 atom stereocenters. The van der Waals surface area contributed by atoms with E-state index < -0.39 is 0 Å². The predicted octanol–water partition coefficient (Wildman–Crippen LogP) is 2.38. The Balaban J connectivity index is 2.34. The van der Waals surface area contributed by atoms with Crippen molar-refractivity contribution in [2.24, 2.45) is 0 Å². The van der Waals surface area contributed by atoms with E-state index in [-0.39, 0.29) is 5.78 Å². The van der Waals surface area contributed by atoms with Gasteiger partial charge in [0.05, 0.1) is 6.61 Å². The SMILES string of the molecule is CCOCCC(=O)Cc1ccc(Br)cn1. The molecule has 1 aromatic heterocycles. The standard InChI is InChI=1S/C11H14BrNO2/c1-2-15-6-5-11(14)7-10-4-3-9(12)8-13-10/h3-4,8H,2,5-7H2,1H3. The Bertz CT molecular complexity index is 311. The molecule has 0 saturated carbocycles. The first-order valence-electron chi connectivity index (χ1n) is 4.92. The molecule has 0 fully saturated rings. The van der Waals surface area contributed by atoms with Crippen molar-refractivity contribution in [1.29, 1.82) is 0 Å². The van der Waals surface area contributed by atoms with Crippen molar-refractivity contribution >= 4 is 21.7 Å². The number of pyridine rings is 1. The van der Waals surface area contributed by atoms with Gasteiger partial charge in [0, 0.05) is 35.8 Å². The molecule has 0 spiro atoms. The van der Waals surface area contributed by atoms with Gasteiger partial charge in [-0.3, -0.25) is 9.78 Å². The molecule has 0 aromatic carbocycles. The van der Waals surface area contributed by atoms with E-state index in [1.165, 1.54) is 0 Å². The fourth-order valence-electron chi connectivity index (χ4n) is 1.13. The highest BCUT2D eigenvalue weighted by Gasteiger charge is 2.04. The summed E-state index contributed by atoms with van der Waals surface area (Å²) < 4.78 is 6.04. The van der Waals surface area contributed by atoms with Gasteiger partial charge in [0.1, 0.15) is 5.78 Å². The molecule has 0 unspecified atom stereocenters. The van der Waals surface area contributed by atoms with Gasteiger partial charge in [-0.1, -0.05) is 0 Å². The van der Waals surface area contributed by atoms with Gasteiger partial charge in [-0.2, -0.15) is 0 Å². The van der Waals surface area contributed by atoms with Crippen molar-refractivity contribution in [3.63, 3.8) is 0 Å². The van der Waals surface area contributed by atoms with Crippen LogP contribution in [0.1, 0.15) is 19.0 Å². The second-order valence-electron chi connectivity index (χ2n) is 3.13. The fraction of sp³-hybridized carbons (Fsp3) is 0.455. The first kappa shape index (κ1) is 12.3. The van der Waals surface area contributed by atoms with Crippen LogP contribution in [0.25, 0.3) is 0 Å². The van der Waals surface area contributed by atoms with Crippen LogP contribution in [0.2, 0.25) is 0 Å². The smallest absolute Gasteiger partial charge is 0.141 e. The summed E-state index contributed by atoms with van der Waals surface area (Å²) in [4.78, 5) is 15.6. The van der Waals surface area contributed by atoms with Crippen LogP contribution >= 0.6 is 15.9 Å². The van der Waals surface area contributed by atoms with Crippen LogP contribution in [0.15, 0.2) is 22.8 Å². The molecule has 1 aromatic rings. The number of ketones is 1. The maximum absolute atomic E-state index is 11.4. The molecule has 4 heteroatoms. The monoisotopic (exact) mass is 271 g/mol. The van der Waals surface area contributed by atoms with Crippen LogP contribution in [0.3, 0.4) is 0 Å². The summed E-state index contributed by atoms with van der Waals surface area (Å²) in [7, 11) is 0. The molecule has 15 heavy (non-hydrogen) atoms. The molecule has 0 aliphatic rings. The van der Waals surface area contributed by atoms with Crippen molar-refractivity contribution < 1.29 is 9.53 Å². The number of hydrogen-bond acceptors (Lipinski definition) is 3. The number of rotatable bonds is 6. The number of hydrogen-bond donors (Lipinski definition) is 0. The first-order chi connectivity index (χ1) is 7.22. The average molecular weight is 272 g/mol. The average Bonchev–Trinajstić information content (AvgIpc) is 2.22. The van der Waals surface area contributed by atoms with Crippen molar-refractivity contribution in [1.82, 2.24) is 4.98 Å². The fourth-order valence-corrected chi connectivity index (χ4v) is 1.37. The van der Waals surface area contributed by atoms with Crippen molar-refractivity contribution in [2.75, 3.05) is 13.2 Å². The lowest BCUT2D eigenvalue weighted by Gasteiger charge is -2.01. The Kier molecular flexibility index (Phi) is 5.50. The third kappa shape index (κ3) is 5.04. The van der Waals surface area contributed by atoms with Gasteiger partial charge in [-0.15, -0.1) is 0 Å². The van der Waals surface area contributed by atoms with Gasteiger partial charge in [-0.25, -0.2) is 0 Å². The van der Waals surface area contributed by atoms with Crippen molar-refractivity contribution in [3.05, 3.63) is 28.5 Å². The van der Waals surface area contributed by atoms with Gasteiger partial charge >= 0.3 is 0 Å². The molecule has 0 N–H and O–H groups in total. The van der Waals surface area contributed by atoms with Crippen LogP contribution in [-0.4, -0.2) is 24.0 Å². The lowest BCUT2D eigenvalue weighted by Crippen LogP contribution is -2.08. The highest BCUT2D eigenvalue weighted by atomic mass is 79.9. The Morgan fingerprint density at radius 2 is 2.33 bits per heavy atom. The van der Waals surface area contributed by atoms with E-state index in [1.807, 2.05) is 19.1 Å². The Hall–Kier alpha value is -0.740. The van der Waals surface area contributed by atoms with Crippen molar-refractivity contribution in [2.45, 2.75) is 19.8 Å². The summed E-state index contributed by atoms with van der Waals surface area (Å²) in [5.41, 5.74) is 0.805. The molecule has 0 amide bonds. The van der Waals surface area contributed by atoms with E-state index >= 15 is 0 Å². The number of Topliss-reactive ketones (excluding diaryl/α,β-unsaturated/α-hetero) is 1. The molecule has 0 saturated heterocycles. The Labute approximate surface area is 98.0 Å². The minimum absolute atomic E-state index is 0.165. The van der Waals surface area contributed by atoms with E-state index in [0.717, 1.165) is 10.2 Å². The summed E-state index contributed by atoms with van der Waals surface area (Å²) in [5.74, 6) is 0.165. The quantitative estimate of drug-likeness (QED) is 0.746. The number of ether oxygens (including phenoxy) is 1. The minimum atomic E-state index is 0.165. The Morgan fingerprint density at radius 3 is 2.93 bits per heavy atom. The van der Waals surface area contributed by atoms with Crippen molar-refractivity contribution in [3.8, 4) is 0 Å². The second kappa shape index (κ2) is 6.69. The van der Waals surface area contributed by atoms with E-state index in [1.54, 1.807) is 6.20 Å². The number of nitrogens with zero attached hydrogens (tertiary/aromatic N) is 1. The number of carbonyl (C=O) groups is 1. The summed E-state index contributed by atoms with van der Waals surface area (Å²) in [5, 5.41) is 0. The Morgan fingerprint density at radius 1 is 1.53 bits per heavy atom. The molecule has 0 aliphatic carbocycles. The molecular weight excluding hydrogens is 258 g/mol. The summed E-state index contributed by atoms with van der Waals surface area (Å²) in [6, 6.07) is 3.74. The minimum Gasteiger partial charge on any atom is -0.381 e. The molecule has 0 bridgehead atoms. The molecule has 82 valence electrons. The molecule has 1 rings (SSSR count). The largest absolute Gasteiger partial charge is 0.381 e. The maximum atomic E-state index is 11.4. The highest BCUT2D eigenvalue weighted by molar-refractivity contribution is 9.10. The van der Waals surface area contributed by atoms with Gasteiger partial charge in [-0.05, 0) is 35.0 Å². The number of halogens is 1. The topological polar surface area (TPSA) is 39.2 Å². The van der Waals surface area contributed by atoms with E-state index in [9.17, 15) is 4.79 Å². The zero-order chi connectivity index (χ0) is 11.1. The van der Waals surface area contributed by atoms with E-state index in [2.05, 4.69) is 20.9 Å². The van der Waals surface area contributed by atoms with E-state index in [0.29, 0.717) is 26.1 Å².